The zero-order chi connectivity index (χ0) is 13.0. The number of aromatic nitrogens is 3. The molecule has 1 aromatic carbocycles. The molecular formula is C14H18BrN3. The summed E-state index contributed by atoms with van der Waals surface area (Å²) in [5.74, 6) is 2.08. The van der Waals surface area contributed by atoms with E-state index in [9.17, 15) is 0 Å². The second-order valence-corrected chi connectivity index (χ2v) is 5.18. The normalized spacial score (nSPS) is 11.1. The fraction of sp³-hybridized carbons (Fsp3) is 0.429. The van der Waals surface area contributed by atoms with Crippen molar-refractivity contribution < 1.29 is 0 Å². The molecule has 0 amide bonds. The highest BCUT2D eigenvalue weighted by atomic mass is 79.9. The van der Waals surface area contributed by atoms with E-state index in [0.29, 0.717) is 6.04 Å². The van der Waals surface area contributed by atoms with Gasteiger partial charge in [-0.15, -0.1) is 10.2 Å². The van der Waals surface area contributed by atoms with Crippen molar-refractivity contribution >= 4 is 15.9 Å². The lowest BCUT2D eigenvalue weighted by molar-refractivity contribution is 0.551. The number of benzene rings is 1. The first-order chi connectivity index (χ1) is 8.72. The van der Waals surface area contributed by atoms with Crippen LogP contribution in [-0.2, 0) is 18.2 Å². The van der Waals surface area contributed by atoms with Crippen LogP contribution in [0.2, 0.25) is 0 Å². The summed E-state index contributed by atoms with van der Waals surface area (Å²) in [5.41, 5.74) is 1.34. The SMILES string of the molecule is CC(C)n1c(CBr)nnc1CCc1ccccc1. The molecule has 4 heteroatoms. The van der Waals surface area contributed by atoms with Crippen LogP contribution >= 0.6 is 15.9 Å². The first-order valence-electron chi connectivity index (χ1n) is 6.25. The molecule has 0 aliphatic carbocycles. The van der Waals surface area contributed by atoms with Gasteiger partial charge >= 0.3 is 0 Å². The Balaban J connectivity index is 2.12. The van der Waals surface area contributed by atoms with Crippen LogP contribution in [-0.4, -0.2) is 14.8 Å². The molecule has 3 nitrogen and oxygen atoms in total. The highest BCUT2D eigenvalue weighted by Gasteiger charge is 2.13. The van der Waals surface area contributed by atoms with E-state index in [1.807, 2.05) is 6.07 Å². The number of aryl methyl sites for hydroxylation is 2. The number of hydrogen-bond acceptors (Lipinski definition) is 2. The smallest absolute Gasteiger partial charge is 0.143 e. The number of rotatable bonds is 5. The topological polar surface area (TPSA) is 30.7 Å². The molecule has 2 aromatic rings. The van der Waals surface area contributed by atoms with E-state index in [1.165, 1.54) is 5.56 Å². The van der Waals surface area contributed by atoms with E-state index >= 15 is 0 Å². The highest BCUT2D eigenvalue weighted by Crippen LogP contribution is 2.15. The summed E-state index contributed by atoms with van der Waals surface area (Å²) < 4.78 is 2.22. The molecule has 0 fully saturated rings. The fourth-order valence-corrected chi connectivity index (χ4v) is 2.50. The van der Waals surface area contributed by atoms with Crippen LogP contribution in [0.4, 0.5) is 0 Å². The minimum atomic E-state index is 0.401. The van der Waals surface area contributed by atoms with Gasteiger partial charge in [0, 0.05) is 12.5 Å². The van der Waals surface area contributed by atoms with E-state index < -0.39 is 0 Å². The predicted octanol–water partition coefficient (Wildman–Crippen LogP) is 3.54. The van der Waals surface area contributed by atoms with Crippen molar-refractivity contribution in [2.45, 2.75) is 38.1 Å². The lowest BCUT2D eigenvalue weighted by Gasteiger charge is -2.12. The summed E-state index contributed by atoms with van der Waals surface area (Å²) in [6, 6.07) is 10.9. The zero-order valence-corrected chi connectivity index (χ0v) is 12.4. The fourth-order valence-electron chi connectivity index (χ4n) is 2.12. The van der Waals surface area contributed by atoms with Gasteiger partial charge in [0.1, 0.15) is 11.6 Å². The standard InChI is InChI=1S/C14H18BrN3/c1-11(2)18-13(16-17-14(18)10-15)9-8-12-6-4-3-5-7-12/h3-7,11H,8-10H2,1-2H3. The molecule has 0 N–H and O–H groups in total. The summed E-state index contributed by atoms with van der Waals surface area (Å²) in [6.07, 6.45) is 1.94. The molecule has 0 aliphatic heterocycles. The average Bonchev–Trinajstić information content (AvgIpc) is 2.80. The maximum absolute atomic E-state index is 4.31. The number of nitrogens with zero attached hydrogens (tertiary/aromatic N) is 3. The van der Waals surface area contributed by atoms with Crippen molar-refractivity contribution in [3.63, 3.8) is 0 Å². The van der Waals surface area contributed by atoms with E-state index in [4.69, 9.17) is 0 Å². The van der Waals surface area contributed by atoms with E-state index in [2.05, 4.69) is 68.8 Å². The molecule has 18 heavy (non-hydrogen) atoms. The molecule has 0 spiro atoms. The van der Waals surface area contributed by atoms with E-state index in [1.54, 1.807) is 0 Å². The summed E-state index contributed by atoms with van der Waals surface area (Å²) in [5, 5.41) is 9.29. The largest absolute Gasteiger partial charge is 0.312 e. The predicted molar refractivity (Wildman–Crippen MR) is 76.9 cm³/mol. The Morgan fingerprint density at radius 1 is 1.06 bits per heavy atom. The molecule has 1 heterocycles. The Hall–Kier alpha value is -1.16. The van der Waals surface area contributed by atoms with Gasteiger partial charge in [-0.2, -0.15) is 0 Å². The molecular weight excluding hydrogens is 290 g/mol. The molecule has 0 saturated heterocycles. The second-order valence-electron chi connectivity index (χ2n) is 4.62. The third-order valence-corrected chi connectivity index (χ3v) is 3.45. The zero-order valence-electron chi connectivity index (χ0n) is 10.8. The Bertz CT molecular complexity index is 491. The minimum Gasteiger partial charge on any atom is -0.312 e. The van der Waals surface area contributed by atoms with Gasteiger partial charge < -0.3 is 4.57 Å². The van der Waals surface area contributed by atoms with E-state index in [-0.39, 0.29) is 0 Å². The average molecular weight is 308 g/mol. The van der Waals surface area contributed by atoms with Gasteiger partial charge in [-0.25, -0.2) is 0 Å². The van der Waals surface area contributed by atoms with Gasteiger partial charge in [-0.1, -0.05) is 46.3 Å². The van der Waals surface area contributed by atoms with Gasteiger partial charge in [0.05, 0.1) is 5.33 Å². The Kier molecular flexibility index (Phi) is 4.53. The molecule has 96 valence electrons. The van der Waals surface area contributed by atoms with Gasteiger partial charge in [0.15, 0.2) is 0 Å². The first-order valence-corrected chi connectivity index (χ1v) is 7.37. The maximum atomic E-state index is 4.31. The van der Waals surface area contributed by atoms with Crippen molar-refractivity contribution in [1.82, 2.24) is 14.8 Å². The monoisotopic (exact) mass is 307 g/mol. The summed E-state index contributed by atoms with van der Waals surface area (Å²) >= 11 is 3.46. The van der Waals surface area contributed by atoms with Crippen LogP contribution in [0, 0.1) is 0 Å². The molecule has 2 rings (SSSR count). The van der Waals surface area contributed by atoms with Crippen molar-refractivity contribution in [1.29, 1.82) is 0 Å². The van der Waals surface area contributed by atoms with Crippen molar-refractivity contribution in [3.8, 4) is 0 Å². The molecule has 0 radical (unpaired) electrons. The lowest BCUT2D eigenvalue weighted by Crippen LogP contribution is -2.10. The van der Waals surface area contributed by atoms with Gasteiger partial charge in [-0.05, 0) is 25.8 Å². The molecule has 0 unspecified atom stereocenters. The Labute approximate surface area is 116 Å². The van der Waals surface area contributed by atoms with Crippen LogP contribution < -0.4 is 0 Å². The van der Waals surface area contributed by atoms with Gasteiger partial charge in [-0.3, -0.25) is 0 Å². The highest BCUT2D eigenvalue weighted by molar-refractivity contribution is 9.08. The van der Waals surface area contributed by atoms with Crippen LogP contribution in [0.5, 0.6) is 0 Å². The van der Waals surface area contributed by atoms with Gasteiger partial charge in [0.2, 0.25) is 0 Å². The lowest BCUT2D eigenvalue weighted by atomic mass is 10.1. The van der Waals surface area contributed by atoms with E-state index in [0.717, 1.165) is 29.8 Å². The maximum Gasteiger partial charge on any atom is 0.143 e. The van der Waals surface area contributed by atoms with Gasteiger partial charge in [0.25, 0.3) is 0 Å². The Morgan fingerprint density at radius 2 is 1.72 bits per heavy atom. The van der Waals surface area contributed by atoms with Crippen LogP contribution in [0.3, 0.4) is 0 Å². The van der Waals surface area contributed by atoms with Crippen LogP contribution in [0.25, 0.3) is 0 Å². The third kappa shape index (κ3) is 2.99. The van der Waals surface area contributed by atoms with Crippen LogP contribution in [0.1, 0.15) is 37.1 Å². The molecule has 0 saturated carbocycles. The summed E-state index contributed by atoms with van der Waals surface area (Å²) in [6.45, 7) is 4.34. The summed E-state index contributed by atoms with van der Waals surface area (Å²) in [7, 11) is 0. The van der Waals surface area contributed by atoms with Crippen molar-refractivity contribution in [3.05, 3.63) is 47.5 Å². The minimum absolute atomic E-state index is 0.401. The first kappa shape index (κ1) is 13.3. The molecule has 0 atom stereocenters. The Morgan fingerprint density at radius 3 is 2.33 bits per heavy atom. The second kappa shape index (κ2) is 6.14. The summed E-state index contributed by atoms with van der Waals surface area (Å²) in [4.78, 5) is 0. The number of alkyl halides is 1. The quantitative estimate of drug-likeness (QED) is 0.791. The number of hydrogen-bond donors (Lipinski definition) is 0. The molecule has 0 bridgehead atoms. The van der Waals surface area contributed by atoms with Crippen LogP contribution in [0.15, 0.2) is 30.3 Å². The molecule has 0 aliphatic rings. The van der Waals surface area contributed by atoms with Crippen molar-refractivity contribution in [2.24, 2.45) is 0 Å². The third-order valence-electron chi connectivity index (χ3n) is 2.95. The number of halogens is 1. The van der Waals surface area contributed by atoms with Crippen molar-refractivity contribution in [2.75, 3.05) is 0 Å². The molecule has 1 aromatic heterocycles.